The van der Waals surface area contributed by atoms with Crippen molar-refractivity contribution in [2.24, 2.45) is 0 Å². The van der Waals surface area contributed by atoms with Crippen LogP contribution in [0.5, 0.6) is 0 Å². The van der Waals surface area contributed by atoms with E-state index in [-0.39, 0.29) is 20.1 Å². The van der Waals surface area contributed by atoms with Crippen molar-refractivity contribution in [2.45, 2.75) is 4.90 Å². The van der Waals surface area contributed by atoms with Crippen LogP contribution in [0.2, 0.25) is 8.67 Å². The summed E-state index contributed by atoms with van der Waals surface area (Å²) in [5, 5.41) is 8.22. The van der Waals surface area contributed by atoms with Crippen molar-refractivity contribution in [3.63, 3.8) is 0 Å². The maximum absolute atomic E-state index is 11.4. The first-order valence-corrected chi connectivity index (χ1v) is 6.34. The number of hydrogen-bond donors (Lipinski definition) is 1. The first-order valence-electron chi connectivity index (χ1n) is 3.29. The largest absolute Gasteiger partial charge is 0.243 e. The third-order valence-electron chi connectivity index (χ3n) is 1.26. The van der Waals surface area contributed by atoms with Crippen LogP contribution in [-0.2, 0) is 10.0 Å². The van der Waals surface area contributed by atoms with Crippen molar-refractivity contribution in [2.75, 3.05) is 6.54 Å². The Hall–Kier alpha value is -0.320. The fourth-order valence-electron chi connectivity index (χ4n) is 0.713. The molecule has 4 nitrogen and oxygen atoms in total. The topological polar surface area (TPSA) is 70.0 Å². The van der Waals surface area contributed by atoms with Gasteiger partial charge in [0.05, 0.1) is 17.0 Å². The van der Waals surface area contributed by atoms with Gasteiger partial charge in [-0.05, 0) is 6.07 Å². The van der Waals surface area contributed by atoms with E-state index in [0.717, 1.165) is 11.3 Å². The van der Waals surface area contributed by atoms with E-state index in [2.05, 4.69) is 4.72 Å². The molecule has 0 aliphatic rings. The molecule has 0 fully saturated rings. The summed E-state index contributed by atoms with van der Waals surface area (Å²) in [6.07, 6.45) is 0. The Morgan fingerprint density at radius 2 is 2.21 bits per heavy atom. The van der Waals surface area contributed by atoms with E-state index >= 15 is 0 Å². The highest BCUT2D eigenvalue weighted by Gasteiger charge is 2.20. The van der Waals surface area contributed by atoms with Crippen molar-refractivity contribution in [1.29, 1.82) is 5.26 Å². The zero-order valence-electron chi connectivity index (χ0n) is 6.62. The lowest BCUT2D eigenvalue weighted by atomic mass is 10.7. The molecule has 76 valence electrons. The third kappa shape index (κ3) is 2.59. The predicted molar refractivity (Wildman–Crippen MR) is 55.1 cm³/mol. The summed E-state index contributed by atoms with van der Waals surface area (Å²) in [5.74, 6) is 0. The molecule has 0 aliphatic carbocycles. The molecule has 0 saturated heterocycles. The molecule has 1 aromatic rings. The molecule has 0 atom stereocenters. The van der Waals surface area contributed by atoms with Gasteiger partial charge < -0.3 is 0 Å². The Kier molecular flexibility index (Phi) is 3.75. The molecule has 0 radical (unpaired) electrons. The standard InChI is InChI=1S/C6H4Cl2N2O2S2/c7-5-3-4(6(8)13-5)14(11,12)10-2-1-9/h3,10H,2H2. The van der Waals surface area contributed by atoms with E-state index in [9.17, 15) is 8.42 Å². The Morgan fingerprint density at radius 1 is 1.57 bits per heavy atom. The number of halogens is 2. The highest BCUT2D eigenvalue weighted by molar-refractivity contribution is 7.89. The predicted octanol–water partition coefficient (Wildman–Crippen LogP) is 1.86. The lowest BCUT2D eigenvalue weighted by Crippen LogP contribution is -2.23. The Bertz CT molecular complexity index is 475. The summed E-state index contributed by atoms with van der Waals surface area (Å²) in [5.41, 5.74) is 0. The van der Waals surface area contributed by atoms with Gasteiger partial charge in [0.2, 0.25) is 10.0 Å². The number of hydrogen-bond acceptors (Lipinski definition) is 4. The number of thiophene rings is 1. The number of rotatable bonds is 3. The van der Waals surface area contributed by atoms with E-state index in [0.29, 0.717) is 0 Å². The van der Waals surface area contributed by atoms with Gasteiger partial charge in [-0.3, -0.25) is 0 Å². The molecule has 0 amide bonds. The maximum Gasteiger partial charge on any atom is 0.243 e. The van der Waals surface area contributed by atoms with Crippen molar-refractivity contribution >= 4 is 44.6 Å². The first-order chi connectivity index (χ1) is 6.47. The summed E-state index contributed by atoms with van der Waals surface area (Å²) in [4.78, 5) is -0.0931. The van der Waals surface area contributed by atoms with Crippen LogP contribution in [0, 0.1) is 11.3 Å². The van der Waals surface area contributed by atoms with Crippen molar-refractivity contribution in [3.8, 4) is 6.07 Å². The SMILES string of the molecule is N#CCNS(=O)(=O)c1cc(Cl)sc1Cl. The van der Waals surface area contributed by atoms with Gasteiger partial charge in [0.1, 0.15) is 9.23 Å². The minimum atomic E-state index is -3.71. The first kappa shape index (κ1) is 11.8. The molecule has 0 aliphatic heterocycles. The van der Waals surface area contributed by atoms with E-state index in [4.69, 9.17) is 28.5 Å². The van der Waals surface area contributed by atoms with Gasteiger partial charge >= 0.3 is 0 Å². The van der Waals surface area contributed by atoms with Gasteiger partial charge in [-0.25, -0.2) is 8.42 Å². The lowest BCUT2D eigenvalue weighted by molar-refractivity contribution is 0.586. The minimum Gasteiger partial charge on any atom is -0.207 e. The second-order valence-electron chi connectivity index (χ2n) is 2.17. The monoisotopic (exact) mass is 270 g/mol. The molecule has 0 aromatic carbocycles. The van der Waals surface area contributed by atoms with Crippen LogP contribution in [0.25, 0.3) is 0 Å². The molecule has 1 heterocycles. The average Bonchev–Trinajstić information content (AvgIpc) is 2.42. The van der Waals surface area contributed by atoms with Gasteiger partial charge in [0, 0.05) is 0 Å². The Labute approximate surface area is 95.1 Å². The molecule has 0 saturated carbocycles. The molecular weight excluding hydrogens is 267 g/mol. The molecular formula is C6H4Cl2N2O2S2. The number of nitrogens with one attached hydrogen (secondary N) is 1. The summed E-state index contributed by atoms with van der Waals surface area (Å²) in [6, 6.07) is 2.90. The molecule has 0 unspecified atom stereocenters. The second kappa shape index (κ2) is 4.47. The minimum absolute atomic E-state index is 0.0837. The van der Waals surface area contributed by atoms with Gasteiger partial charge in [-0.15, -0.1) is 11.3 Å². The van der Waals surface area contributed by atoms with Gasteiger partial charge in [0.15, 0.2) is 0 Å². The fourth-order valence-corrected chi connectivity index (χ4v) is 3.78. The summed E-state index contributed by atoms with van der Waals surface area (Å²) in [7, 11) is -3.71. The molecule has 1 rings (SSSR count). The number of nitrogens with zero attached hydrogens (tertiary/aromatic N) is 1. The smallest absolute Gasteiger partial charge is 0.207 e. The van der Waals surface area contributed by atoms with E-state index < -0.39 is 10.0 Å². The molecule has 1 N–H and O–H groups in total. The molecule has 1 aromatic heterocycles. The quantitative estimate of drug-likeness (QED) is 0.853. The van der Waals surface area contributed by atoms with Crippen LogP contribution in [0.1, 0.15) is 0 Å². The Balaban J connectivity index is 3.05. The summed E-state index contributed by atoms with van der Waals surface area (Å²) >= 11 is 12.2. The highest BCUT2D eigenvalue weighted by atomic mass is 35.5. The van der Waals surface area contributed by atoms with E-state index in [1.54, 1.807) is 6.07 Å². The molecule has 0 bridgehead atoms. The highest BCUT2D eigenvalue weighted by Crippen LogP contribution is 2.33. The average molecular weight is 271 g/mol. The van der Waals surface area contributed by atoms with Gasteiger partial charge in [0.25, 0.3) is 0 Å². The van der Waals surface area contributed by atoms with Crippen molar-refractivity contribution < 1.29 is 8.42 Å². The molecule has 0 spiro atoms. The van der Waals surface area contributed by atoms with Gasteiger partial charge in [-0.2, -0.15) is 9.98 Å². The van der Waals surface area contributed by atoms with E-state index in [1.807, 2.05) is 0 Å². The number of sulfonamides is 1. The van der Waals surface area contributed by atoms with Crippen LogP contribution >= 0.6 is 34.5 Å². The van der Waals surface area contributed by atoms with Crippen LogP contribution in [0.4, 0.5) is 0 Å². The van der Waals surface area contributed by atoms with Crippen LogP contribution in [-0.4, -0.2) is 15.0 Å². The maximum atomic E-state index is 11.4. The van der Waals surface area contributed by atoms with Crippen LogP contribution in [0.15, 0.2) is 11.0 Å². The Morgan fingerprint density at radius 3 is 2.64 bits per heavy atom. The summed E-state index contributed by atoms with van der Waals surface area (Å²) in [6.45, 7) is -0.299. The van der Waals surface area contributed by atoms with Crippen LogP contribution < -0.4 is 4.72 Å². The van der Waals surface area contributed by atoms with Crippen LogP contribution in [0.3, 0.4) is 0 Å². The van der Waals surface area contributed by atoms with Crippen molar-refractivity contribution in [1.82, 2.24) is 4.72 Å². The normalized spacial score (nSPS) is 11.2. The number of nitriles is 1. The van der Waals surface area contributed by atoms with Crippen molar-refractivity contribution in [3.05, 3.63) is 14.7 Å². The lowest BCUT2D eigenvalue weighted by Gasteiger charge is -1.99. The zero-order chi connectivity index (χ0) is 10.8. The zero-order valence-corrected chi connectivity index (χ0v) is 9.77. The molecule has 14 heavy (non-hydrogen) atoms. The fraction of sp³-hybridized carbons (Fsp3) is 0.167. The second-order valence-corrected chi connectivity index (χ2v) is 6.19. The van der Waals surface area contributed by atoms with E-state index in [1.165, 1.54) is 6.07 Å². The molecule has 8 heteroatoms. The van der Waals surface area contributed by atoms with Gasteiger partial charge in [-0.1, -0.05) is 23.2 Å². The summed E-state index contributed by atoms with van der Waals surface area (Å²) < 4.78 is 25.3. The third-order valence-corrected chi connectivity index (χ3v) is 4.41.